The molecule has 0 saturated carbocycles. The van der Waals surface area contributed by atoms with Crippen LogP contribution in [0.15, 0.2) is 30.3 Å². The molecule has 0 saturated heterocycles. The maximum atomic E-state index is 11.8. The Labute approximate surface area is 148 Å². The molecule has 1 aromatic rings. The molecule has 3 N–H and O–H groups in total. The van der Waals surface area contributed by atoms with Gasteiger partial charge in [-0.1, -0.05) is 30.3 Å². The molecule has 0 radical (unpaired) electrons. The van der Waals surface area contributed by atoms with Crippen LogP contribution >= 0.6 is 7.82 Å². The van der Waals surface area contributed by atoms with E-state index >= 15 is 0 Å². The summed E-state index contributed by atoms with van der Waals surface area (Å²) >= 11 is 0. The molecule has 0 aliphatic rings. The smallest absolute Gasteiger partial charge is 0.394 e. The summed E-state index contributed by atoms with van der Waals surface area (Å²) < 4.78 is 27.9. The summed E-state index contributed by atoms with van der Waals surface area (Å²) in [5, 5.41) is 17.9. The number of phosphoric acid groups is 1. The molecule has 0 fully saturated rings. The van der Waals surface area contributed by atoms with Gasteiger partial charge in [-0.25, -0.2) is 4.57 Å². The summed E-state index contributed by atoms with van der Waals surface area (Å²) in [6, 6.07) is 9.59. The average Bonchev–Trinajstić information content (AvgIpc) is 2.55. The third kappa shape index (κ3) is 10.7. The van der Waals surface area contributed by atoms with Crippen molar-refractivity contribution in [1.29, 1.82) is 0 Å². The highest BCUT2D eigenvalue weighted by atomic mass is 31.2. The number of benzene rings is 1. The molecule has 3 unspecified atom stereocenters. The molecule has 0 aliphatic carbocycles. The summed E-state index contributed by atoms with van der Waals surface area (Å²) in [7, 11) is 1.60. The normalized spacial score (nSPS) is 17.0. The van der Waals surface area contributed by atoms with E-state index in [4.69, 9.17) is 14.4 Å². The number of phosphoric ester groups is 1. The molecule has 3 atom stereocenters. The van der Waals surface area contributed by atoms with Gasteiger partial charge in [0, 0.05) is 0 Å². The highest BCUT2D eigenvalue weighted by molar-refractivity contribution is 7.47. The quantitative estimate of drug-likeness (QED) is 0.364. The lowest BCUT2D eigenvalue weighted by molar-refractivity contribution is -0.873. The van der Waals surface area contributed by atoms with Gasteiger partial charge < -0.3 is 24.3 Å². The third-order valence-corrected chi connectivity index (χ3v) is 4.09. The molecule has 0 spiro atoms. The lowest BCUT2D eigenvalue weighted by atomic mass is 10.2. The molecule has 25 heavy (non-hydrogen) atoms. The first-order valence-electron chi connectivity index (χ1n) is 7.98. The predicted molar refractivity (Wildman–Crippen MR) is 92.7 cm³/mol. The van der Waals surface area contributed by atoms with E-state index in [0.717, 1.165) is 5.56 Å². The van der Waals surface area contributed by atoms with E-state index in [0.29, 0.717) is 17.6 Å². The largest absolute Gasteiger partial charge is 0.472 e. The van der Waals surface area contributed by atoms with Gasteiger partial charge in [0.1, 0.15) is 18.8 Å². The second kappa shape index (κ2) is 10.4. The van der Waals surface area contributed by atoms with Gasteiger partial charge in [-0.15, -0.1) is 0 Å². The number of aliphatic hydroxyl groups excluding tert-OH is 2. The Kier molecular flexibility index (Phi) is 9.20. The van der Waals surface area contributed by atoms with Gasteiger partial charge in [0.2, 0.25) is 0 Å². The Bertz CT molecular complexity index is 535. The monoisotopic (exact) mass is 378 g/mol. The molecule has 144 valence electrons. The van der Waals surface area contributed by atoms with Crippen LogP contribution in [0.25, 0.3) is 0 Å². The first kappa shape index (κ1) is 22.2. The Morgan fingerprint density at radius 3 is 2.28 bits per heavy atom. The highest BCUT2D eigenvalue weighted by Crippen LogP contribution is 2.43. The van der Waals surface area contributed by atoms with Crippen LogP contribution in [0.4, 0.5) is 0 Å². The van der Waals surface area contributed by atoms with Crippen molar-refractivity contribution in [2.45, 2.75) is 18.8 Å². The Balaban J connectivity index is 2.56. The number of hydrogen-bond donors (Lipinski definition) is 3. The molecule has 0 heterocycles. The first-order valence-corrected chi connectivity index (χ1v) is 9.47. The number of nitrogens with zero attached hydrogens (tertiary/aromatic N) is 1. The summed E-state index contributed by atoms with van der Waals surface area (Å²) in [6.45, 7) is -0.272. The lowest BCUT2D eigenvalue weighted by Crippen LogP contribution is -2.44. The van der Waals surface area contributed by atoms with Gasteiger partial charge in [0.25, 0.3) is 0 Å². The van der Waals surface area contributed by atoms with E-state index in [1.807, 2.05) is 51.5 Å². The summed E-state index contributed by atoms with van der Waals surface area (Å²) in [5.74, 6) is 0. The van der Waals surface area contributed by atoms with Crippen LogP contribution in [0, 0.1) is 0 Å². The van der Waals surface area contributed by atoms with Crippen molar-refractivity contribution in [3.05, 3.63) is 35.9 Å². The van der Waals surface area contributed by atoms with Gasteiger partial charge in [0.15, 0.2) is 0 Å². The molecular formula is C16H29NO7P+. The van der Waals surface area contributed by atoms with Crippen LogP contribution < -0.4 is 0 Å². The van der Waals surface area contributed by atoms with Gasteiger partial charge in [-0.3, -0.25) is 9.05 Å². The molecule has 8 nitrogen and oxygen atoms in total. The van der Waals surface area contributed by atoms with E-state index in [1.54, 1.807) is 0 Å². The van der Waals surface area contributed by atoms with Crippen LogP contribution in [0.5, 0.6) is 0 Å². The molecule has 0 aliphatic heterocycles. The predicted octanol–water partition coefficient (Wildman–Crippen LogP) is 0.765. The second-order valence-electron chi connectivity index (χ2n) is 6.79. The number of rotatable bonds is 12. The van der Waals surface area contributed by atoms with Gasteiger partial charge >= 0.3 is 7.82 Å². The molecule has 1 rings (SSSR count). The van der Waals surface area contributed by atoms with Crippen molar-refractivity contribution in [2.75, 3.05) is 47.5 Å². The lowest BCUT2D eigenvalue weighted by Gasteiger charge is -2.29. The van der Waals surface area contributed by atoms with Gasteiger partial charge in [-0.05, 0) is 5.56 Å². The molecule has 0 bridgehead atoms. The maximum absolute atomic E-state index is 11.8. The van der Waals surface area contributed by atoms with E-state index < -0.39 is 33.2 Å². The zero-order valence-corrected chi connectivity index (χ0v) is 15.8. The van der Waals surface area contributed by atoms with Crippen molar-refractivity contribution in [1.82, 2.24) is 0 Å². The van der Waals surface area contributed by atoms with E-state index in [9.17, 15) is 14.6 Å². The Morgan fingerprint density at radius 1 is 1.12 bits per heavy atom. The van der Waals surface area contributed by atoms with Crippen molar-refractivity contribution >= 4 is 7.82 Å². The van der Waals surface area contributed by atoms with E-state index in [1.165, 1.54) is 0 Å². The molecule has 0 aromatic heterocycles. The summed E-state index contributed by atoms with van der Waals surface area (Å²) in [6.07, 6.45) is -1.66. The number of quaternary nitrogens is 1. The van der Waals surface area contributed by atoms with Crippen LogP contribution in [0.1, 0.15) is 5.56 Å². The fraction of sp³-hybridized carbons (Fsp3) is 0.625. The van der Waals surface area contributed by atoms with Crippen molar-refractivity contribution in [3.63, 3.8) is 0 Å². The molecule has 9 heteroatoms. The number of likely N-dealkylation sites (N-methyl/N-ethyl adjacent to an activating group) is 1. The zero-order chi connectivity index (χ0) is 18.9. The Morgan fingerprint density at radius 2 is 1.72 bits per heavy atom. The van der Waals surface area contributed by atoms with Crippen molar-refractivity contribution in [2.24, 2.45) is 0 Å². The van der Waals surface area contributed by atoms with Gasteiger partial charge in [-0.2, -0.15) is 0 Å². The minimum Gasteiger partial charge on any atom is -0.394 e. The highest BCUT2D eigenvalue weighted by Gasteiger charge is 2.27. The van der Waals surface area contributed by atoms with E-state index in [-0.39, 0.29) is 6.61 Å². The fourth-order valence-electron chi connectivity index (χ4n) is 2.00. The summed E-state index contributed by atoms with van der Waals surface area (Å²) in [5.41, 5.74) is 0.989. The topological polar surface area (TPSA) is 105 Å². The molecule has 1 aromatic carbocycles. The number of hydrogen-bond acceptors (Lipinski definition) is 6. The van der Waals surface area contributed by atoms with Gasteiger partial charge in [0.05, 0.1) is 47.6 Å². The average molecular weight is 378 g/mol. The summed E-state index contributed by atoms with van der Waals surface area (Å²) in [4.78, 5) is 9.65. The van der Waals surface area contributed by atoms with Crippen LogP contribution in [0.2, 0.25) is 0 Å². The second-order valence-corrected chi connectivity index (χ2v) is 8.24. The zero-order valence-electron chi connectivity index (χ0n) is 14.9. The van der Waals surface area contributed by atoms with Crippen LogP contribution in [-0.4, -0.2) is 79.3 Å². The van der Waals surface area contributed by atoms with Crippen molar-refractivity contribution < 1.29 is 37.9 Å². The standard InChI is InChI=1S/C16H28NO7P/c1-17(2,3)9-16(22-11-14-7-5-4-6-8-14)13-24-25(20,21)23-12-15(19)10-18/h4-8,15-16,18-19H,9-13H2,1-3H3/p+1. The van der Waals surface area contributed by atoms with Crippen LogP contribution in [-0.2, 0) is 25.0 Å². The fourth-order valence-corrected chi connectivity index (χ4v) is 2.79. The van der Waals surface area contributed by atoms with E-state index in [2.05, 4.69) is 4.52 Å². The minimum atomic E-state index is -4.33. The molecule has 0 amide bonds. The Hall–Kier alpha value is -0.830. The van der Waals surface area contributed by atoms with Crippen LogP contribution in [0.3, 0.4) is 0 Å². The molecular weight excluding hydrogens is 349 g/mol. The van der Waals surface area contributed by atoms with Crippen molar-refractivity contribution in [3.8, 4) is 0 Å². The SMILES string of the molecule is C[N+](C)(C)CC(COP(=O)(O)OCC(O)CO)OCc1ccccc1. The number of ether oxygens (including phenoxy) is 1. The minimum absolute atomic E-state index is 0.134. The third-order valence-electron chi connectivity index (χ3n) is 3.14. The first-order chi connectivity index (χ1) is 11.6. The number of aliphatic hydroxyl groups is 2. The maximum Gasteiger partial charge on any atom is 0.472 e.